The third-order valence-electron chi connectivity index (χ3n) is 5.20. The summed E-state index contributed by atoms with van der Waals surface area (Å²) in [7, 11) is 1.95. The van der Waals surface area contributed by atoms with Gasteiger partial charge in [0.15, 0.2) is 0 Å². The van der Waals surface area contributed by atoms with Gasteiger partial charge in [-0.1, -0.05) is 12.1 Å². The quantitative estimate of drug-likeness (QED) is 0.681. The van der Waals surface area contributed by atoms with Gasteiger partial charge in [0, 0.05) is 31.0 Å². The van der Waals surface area contributed by atoms with Gasteiger partial charge in [-0.15, -0.1) is 0 Å². The van der Waals surface area contributed by atoms with Crippen LogP contribution in [0.5, 0.6) is 0 Å². The van der Waals surface area contributed by atoms with Crippen LogP contribution in [0.15, 0.2) is 48.8 Å². The molecule has 4 rings (SSSR count). The molecular weight excluding hydrogens is 339 g/mol. The van der Waals surface area contributed by atoms with Crippen LogP contribution >= 0.6 is 0 Å². The van der Waals surface area contributed by atoms with Crippen LogP contribution in [0.2, 0.25) is 0 Å². The summed E-state index contributed by atoms with van der Waals surface area (Å²) in [5.41, 5.74) is 5.78. The molecule has 3 aromatic rings. The van der Waals surface area contributed by atoms with Crippen LogP contribution in [0, 0.1) is 12.7 Å². The summed E-state index contributed by atoms with van der Waals surface area (Å²) in [5.74, 6) is -0.192. The molecule has 0 unspecified atom stereocenters. The van der Waals surface area contributed by atoms with Crippen LogP contribution < -0.4 is 0 Å². The molecule has 3 heterocycles. The molecule has 1 aromatic carbocycles. The zero-order valence-corrected chi connectivity index (χ0v) is 15.9. The number of pyridine rings is 1. The maximum Gasteiger partial charge on any atom is 0.123 e. The van der Waals surface area contributed by atoms with E-state index in [9.17, 15) is 4.39 Å². The molecule has 2 aromatic heterocycles. The Morgan fingerprint density at radius 2 is 1.93 bits per heavy atom. The fraction of sp³-hybridized carbons (Fsp3) is 0.364. The summed E-state index contributed by atoms with van der Waals surface area (Å²) in [6, 6.07) is 11.5. The van der Waals surface area contributed by atoms with Gasteiger partial charge in [0.2, 0.25) is 0 Å². The minimum atomic E-state index is -0.192. The second-order valence-corrected chi connectivity index (χ2v) is 7.50. The zero-order chi connectivity index (χ0) is 18.8. The maximum atomic E-state index is 13.2. The van der Waals surface area contributed by atoms with Crippen LogP contribution in [0.3, 0.4) is 0 Å². The highest BCUT2D eigenvalue weighted by atomic mass is 19.1. The van der Waals surface area contributed by atoms with Gasteiger partial charge in [-0.3, -0.25) is 14.6 Å². The van der Waals surface area contributed by atoms with E-state index in [-0.39, 0.29) is 5.82 Å². The highest BCUT2D eigenvalue weighted by Gasteiger charge is 2.27. The van der Waals surface area contributed by atoms with Crippen molar-refractivity contribution in [2.75, 3.05) is 6.54 Å². The van der Waals surface area contributed by atoms with Crippen molar-refractivity contribution < 1.29 is 4.39 Å². The Morgan fingerprint density at radius 1 is 1.11 bits per heavy atom. The number of aryl methyl sites for hydroxylation is 2. The number of benzene rings is 1. The third-order valence-corrected chi connectivity index (χ3v) is 5.20. The van der Waals surface area contributed by atoms with E-state index >= 15 is 0 Å². The van der Waals surface area contributed by atoms with Crippen LogP contribution in [-0.2, 0) is 20.0 Å². The SMILES string of the molecule is Cc1cc(Cc2ccc(F)cc2)cc([C@H]2CCCN2Cc2cnn(C)c2)n1. The van der Waals surface area contributed by atoms with Crippen molar-refractivity contribution in [3.05, 3.63) is 82.7 Å². The number of hydrogen-bond acceptors (Lipinski definition) is 3. The van der Waals surface area contributed by atoms with E-state index in [0.717, 1.165) is 42.9 Å². The van der Waals surface area contributed by atoms with E-state index in [1.807, 2.05) is 30.1 Å². The van der Waals surface area contributed by atoms with Crippen molar-refractivity contribution in [3.8, 4) is 0 Å². The first-order valence-electron chi connectivity index (χ1n) is 9.50. The molecule has 1 aliphatic heterocycles. The number of aromatic nitrogens is 3. The largest absolute Gasteiger partial charge is 0.290 e. The van der Waals surface area contributed by atoms with Crippen molar-refractivity contribution in [2.24, 2.45) is 7.05 Å². The molecule has 1 atom stereocenters. The highest BCUT2D eigenvalue weighted by molar-refractivity contribution is 5.30. The topological polar surface area (TPSA) is 34.0 Å². The standard InChI is InChI=1S/C22H25FN4/c1-16-10-18(11-17-5-7-20(23)8-6-17)12-21(25-16)22-4-3-9-27(22)15-19-13-24-26(2)14-19/h5-8,10,12-14,22H,3-4,9,11,15H2,1-2H3/t22-/m1/s1. The normalized spacial score (nSPS) is 17.5. The van der Waals surface area contributed by atoms with Gasteiger partial charge in [-0.2, -0.15) is 5.10 Å². The number of hydrogen-bond donors (Lipinski definition) is 0. The summed E-state index contributed by atoms with van der Waals surface area (Å²) < 4.78 is 15.0. The molecule has 4 nitrogen and oxygen atoms in total. The van der Waals surface area contributed by atoms with Crippen molar-refractivity contribution in [1.29, 1.82) is 0 Å². The predicted molar refractivity (Wildman–Crippen MR) is 104 cm³/mol. The molecule has 0 amide bonds. The molecule has 0 bridgehead atoms. The molecule has 0 N–H and O–H groups in total. The summed E-state index contributed by atoms with van der Waals surface area (Å²) >= 11 is 0. The van der Waals surface area contributed by atoms with E-state index in [4.69, 9.17) is 4.98 Å². The molecule has 5 heteroatoms. The highest BCUT2D eigenvalue weighted by Crippen LogP contribution is 2.33. The molecule has 27 heavy (non-hydrogen) atoms. The van der Waals surface area contributed by atoms with Crippen molar-refractivity contribution in [2.45, 2.75) is 38.8 Å². The maximum absolute atomic E-state index is 13.2. The summed E-state index contributed by atoms with van der Waals surface area (Å²) in [4.78, 5) is 7.35. The van der Waals surface area contributed by atoms with Crippen molar-refractivity contribution in [1.82, 2.24) is 19.7 Å². The summed E-state index contributed by atoms with van der Waals surface area (Å²) in [6.07, 6.45) is 7.14. The zero-order valence-electron chi connectivity index (χ0n) is 15.9. The Labute approximate surface area is 159 Å². The second kappa shape index (κ2) is 7.61. The second-order valence-electron chi connectivity index (χ2n) is 7.50. The van der Waals surface area contributed by atoms with E-state index in [1.54, 1.807) is 0 Å². The first kappa shape index (κ1) is 17.9. The Hall–Kier alpha value is -2.53. The number of likely N-dealkylation sites (tertiary alicyclic amines) is 1. The van der Waals surface area contributed by atoms with Crippen LogP contribution in [0.25, 0.3) is 0 Å². The number of rotatable bonds is 5. The Kier molecular flexibility index (Phi) is 5.03. The van der Waals surface area contributed by atoms with Gasteiger partial charge >= 0.3 is 0 Å². The lowest BCUT2D eigenvalue weighted by Crippen LogP contribution is -2.23. The van der Waals surface area contributed by atoms with Gasteiger partial charge in [0.05, 0.1) is 17.9 Å². The van der Waals surface area contributed by atoms with Crippen molar-refractivity contribution >= 4 is 0 Å². The predicted octanol–water partition coefficient (Wildman–Crippen LogP) is 4.19. The van der Waals surface area contributed by atoms with Crippen molar-refractivity contribution in [3.63, 3.8) is 0 Å². The van der Waals surface area contributed by atoms with E-state index in [2.05, 4.69) is 35.3 Å². The summed E-state index contributed by atoms with van der Waals surface area (Å²) in [5, 5.41) is 4.29. The molecule has 1 aliphatic rings. The smallest absolute Gasteiger partial charge is 0.123 e. The number of halogens is 1. The van der Waals surface area contributed by atoms with Gasteiger partial charge in [0.25, 0.3) is 0 Å². The summed E-state index contributed by atoms with van der Waals surface area (Å²) in [6.45, 7) is 4.04. The first-order chi connectivity index (χ1) is 13.1. The Balaban J connectivity index is 1.55. The van der Waals surface area contributed by atoms with Crippen LogP contribution in [-0.4, -0.2) is 26.2 Å². The minimum Gasteiger partial charge on any atom is -0.290 e. The fourth-order valence-electron chi connectivity index (χ4n) is 4.02. The van der Waals surface area contributed by atoms with Crippen LogP contribution in [0.1, 0.15) is 47.0 Å². The van der Waals surface area contributed by atoms with Gasteiger partial charge in [-0.25, -0.2) is 4.39 Å². The molecule has 0 spiro atoms. The van der Waals surface area contributed by atoms with Gasteiger partial charge in [-0.05, 0) is 68.1 Å². The average molecular weight is 364 g/mol. The Morgan fingerprint density at radius 3 is 2.67 bits per heavy atom. The molecule has 0 aliphatic carbocycles. The first-order valence-corrected chi connectivity index (χ1v) is 9.50. The van der Waals surface area contributed by atoms with Crippen LogP contribution in [0.4, 0.5) is 4.39 Å². The lowest BCUT2D eigenvalue weighted by atomic mass is 10.0. The van der Waals surface area contributed by atoms with Gasteiger partial charge < -0.3 is 0 Å². The van der Waals surface area contributed by atoms with E-state index in [1.165, 1.54) is 29.7 Å². The molecule has 1 fully saturated rings. The average Bonchev–Trinajstić information content (AvgIpc) is 3.26. The van der Waals surface area contributed by atoms with Gasteiger partial charge in [0.1, 0.15) is 5.82 Å². The monoisotopic (exact) mass is 364 g/mol. The third kappa shape index (κ3) is 4.25. The van der Waals surface area contributed by atoms with E-state index in [0.29, 0.717) is 6.04 Å². The molecule has 140 valence electrons. The van der Waals surface area contributed by atoms with E-state index < -0.39 is 0 Å². The minimum absolute atomic E-state index is 0.192. The molecule has 0 radical (unpaired) electrons. The Bertz CT molecular complexity index is 916. The molecule has 1 saturated heterocycles. The lowest BCUT2D eigenvalue weighted by Gasteiger charge is -2.24. The molecule has 0 saturated carbocycles. The molecular formula is C22H25FN4. The fourth-order valence-corrected chi connectivity index (χ4v) is 4.02. The lowest BCUT2D eigenvalue weighted by molar-refractivity contribution is 0.244. The number of nitrogens with zero attached hydrogens (tertiary/aromatic N) is 4.